The largest absolute Gasteiger partial charge is 0.361 e. The maximum atomic E-state index is 12.8. The Kier molecular flexibility index (Phi) is 10.7. The summed E-state index contributed by atoms with van der Waals surface area (Å²) in [6.45, 7) is 18.0. The first-order chi connectivity index (χ1) is 14.9. The number of piperidine rings is 1. The van der Waals surface area contributed by atoms with Crippen molar-refractivity contribution in [1.29, 1.82) is 0 Å². The number of nitrogens with one attached hydrogen (secondary N) is 1. The number of hydrogen-bond acceptors (Lipinski definition) is 5. The summed E-state index contributed by atoms with van der Waals surface area (Å²) in [6.07, 6.45) is 2.06. The fraction of sp³-hybridized carbons (Fsp3) is 0.783. The molecule has 1 amide bonds. The van der Waals surface area contributed by atoms with Gasteiger partial charge in [0.2, 0.25) is 5.91 Å². The minimum absolute atomic E-state index is 0. The zero-order valence-corrected chi connectivity index (χ0v) is 22.7. The average Bonchev–Trinajstić information content (AvgIpc) is 3.05. The van der Waals surface area contributed by atoms with E-state index >= 15 is 0 Å². The van der Waals surface area contributed by atoms with Crippen LogP contribution in [0.4, 0.5) is 0 Å². The monoisotopic (exact) mass is 560 g/mol. The van der Waals surface area contributed by atoms with Gasteiger partial charge in [0.1, 0.15) is 5.76 Å². The molecule has 2 unspecified atom stereocenters. The van der Waals surface area contributed by atoms with Crippen LogP contribution in [0.15, 0.2) is 9.52 Å². The normalized spacial score (nSPS) is 22.6. The molecule has 182 valence electrons. The number of carbonyl (C=O) groups excluding carboxylic acids is 1. The highest BCUT2D eigenvalue weighted by atomic mass is 127. The highest BCUT2D eigenvalue weighted by Crippen LogP contribution is 2.21. The van der Waals surface area contributed by atoms with Crippen molar-refractivity contribution in [2.45, 2.75) is 47.5 Å². The van der Waals surface area contributed by atoms with E-state index in [2.05, 4.69) is 45.9 Å². The van der Waals surface area contributed by atoms with E-state index in [9.17, 15) is 4.79 Å². The molecule has 1 N–H and O–H groups in total. The number of rotatable bonds is 6. The molecule has 2 fully saturated rings. The van der Waals surface area contributed by atoms with Crippen LogP contribution in [0.25, 0.3) is 0 Å². The number of hydrogen-bond donors (Lipinski definition) is 1. The molecule has 2 saturated heterocycles. The first kappa shape index (κ1) is 26.9. The molecule has 0 radical (unpaired) electrons. The van der Waals surface area contributed by atoms with Gasteiger partial charge in [0.25, 0.3) is 0 Å². The van der Waals surface area contributed by atoms with Gasteiger partial charge in [-0.25, -0.2) is 0 Å². The van der Waals surface area contributed by atoms with Gasteiger partial charge >= 0.3 is 0 Å². The highest BCUT2D eigenvalue weighted by molar-refractivity contribution is 14.0. The van der Waals surface area contributed by atoms with Gasteiger partial charge in [-0.05, 0) is 45.4 Å². The molecule has 1 aromatic heterocycles. The molecule has 8 nitrogen and oxygen atoms in total. The topological polar surface area (TPSA) is 77.2 Å². The minimum atomic E-state index is 0. The lowest BCUT2D eigenvalue weighted by molar-refractivity contribution is -0.135. The molecule has 0 aliphatic carbocycles. The summed E-state index contributed by atoms with van der Waals surface area (Å²) in [6, 6.07) is 0. The van der Waals surface area contributed by atoms with E-state index in [0.717, 1.165) is 75.2 Å². The molecule has 2 atom stereocenters. The van der Waals surface area contributed by atoms with Crippen molar-refractivity contribution in [3.63, 3.8) is 0 Å². The van der Waals surface area contributed by atoms with Gasteiger partial charge < -0.3 is 19.6 Å². The molecule has 2 aliphatic heterocycles. The van der Waals surface area contributed by atoms with Crippen LogP contribution in [0.3, 0.4) is 0 Å². The second-order valence-electron chi connectivity index (χ2n) is 9.30. The van der Waals surface area contributed by atoms with Crippen molar-refractivity contribution in [3.05, 3.63) is 17.0 Å². The lowest BCUT2D eigenvalue weighted by Crippen LogP contribution is -2.55. The second kappa shape index (κ2) is 12.8. The standard InChI is InChI=1S/C23H40N6O2.HI/c1-6-24-23(25-8-7-21-19(4)26-31-20(21)5)28-11-9-27(10-12-28)16-22(30)29-14-17(2)13-18(3)15-29;/h17-18H,6-16H2,1-5H3,(H,24,25);1H. The lowest BCUT2D eigenvalue weighted by atomic mass is 9.92. The number of nitrogens with zero attached hydrogens (tertiary/aromatic N) is 5. The fourth-order valence-corrected chi connectivity index (χ4v) is 4.83. The third kappa shape index (κ3) is 7.33. The Bertz CT molecular complexity index is 730. The predicted molar refractivity (Wildman–Crippen MR) is 139 cm³/mol. The van der Waals surface area contributed by atoms with E-state index in [0.29, 0.717) is 24.9 Å². The Hall–Kier alpha value is -1.36. The second-order valence-corrected chi connectivity index (χ2v) is 9.30. The third-order valence-electron chi connectivity index (χ3n) is 6.39. The Morgan fingerprint density at radius 3 is 2.34 bits per heavy atom. The number of halogens is 1. The Labute approximate surface area is 210 Å². The van der Waals surface area contributed by atoms with Crippen molar-refractivity contribution in [2.75, 3.05) is 58.9 Å². The molecule has 32 heavy (non-hydrogen) atoms. The maximum absolute atomic E-state index is 12.8. The quantitative estimate of drug-likeness (QED) is 0.328. The van der Waals surface area contributed by atoms with E-state index in [1.165, 1.54) is 6.42 Å². The van der Waals surface area contributed by atoms with Gasteiger partial charge in [-0.15, -0.1) is 24.0 Å². The summed E-state index contributed by atoms with van der Waals surface area (Å²) in [5.74, 6) is 3.34. The van der Waals surface area contributed by atoms with Crippen molar-refractivity contribution in [1.82, 2.24) is 25.2 Å². The molecular weight excluding hydrogens is 519 g/mol. The smallest absolute Gasteiger partial charge is 0.236 e. The van der Waals surface area contributed by atoms with Crippen LogP contribution in [0, 0.1) is 25.7 Å². The SMILES string of the molecule is CCNC(=NCCc1c(C)noc1C)N1CCN(CC(=O)N2CC(C)CC(C)C2)CC1.I. The van der Waals surface area contributed by atoms with E-state index in [1.54, 1.807) is 0 Å². The Morgan fingerprint density at radius 2 is 1.78 bits per heavy atom. The summed E-state index contributed by atoms with van der Waals surface area (Å²) in [4.78, 5) is 24.3. The first-order valence-electron chi connectivity index (χ1n) is 11.8. The number of guanidine groups is 1. The molecular formula is C23H41IN6O2. The predicted octanol–water partition coefficient (Wildman–Crippen LogP) is 2.54. The average molecular weight is 561 g/mol. The Balaban J connectivity index is 0.00000363. The van der Waals surface area contributed by atoms with Crippen LogP contribution in [-0.2, 0) is 11.2 Å². The van der Waals surface area contributed by atoms with Crippen LogP contribution in [0.2, 0.25) is 0 Å². The van der Waals surface area contributed by atoms with Crippen molar-refractivity contribution in [3.8, 4) is 0 Å². The van der Waals surface area contributed by atoms with Crippen molar-refractivity contribution in [2.24, 2.45) is 16.8 Å². The molecule has 0 saturated carbocycles. The van der Waals surface area contributed by atoms with E-state index in [-0.39, 0.29) is 29.9 Å². The molecule has 2 aliphatic rings. The summed E-state index contributed by atoms with van der Waals surface area (Å²) in [5.41, 5.74) is 2.11. The van der Waals surface area contributed by atoms with Crippen LogP contribution in [0.5, 0.6) is 0 Å². The number of piperazine rings is 1. The zero-order valence-electron chi connectivity index (χ0n) is 20.4. The van der Waals surface area contributed by atoms with Crippen molar-refractivity contribution < 1.29 is 9.32 Å². The molecule has 0 aromatic carbocycles. The van der Waals surface area contributed by atoms with Gasteiger partial charge in [-0.2, -0.15) is 0 Å². The van der Waals surface area contributed by atoms with Gasteiger partial charge in [0.05, 0.1) is 12.2 Å². The molecule has 0 bridgehead atoms. The lowest BCUT2D eigenvalue weighted by Gasteiger charge is -2.39. The zero-order chi connectivity index (χ0) is 22.4. The van der Waals surface area contributed by atoms with Crippen LogP contribution < -0.4 is 5.32 Å². The fourth-order valence-electron chi connectivity index (χ4n) is 4.83. The van der Waals surface area contributed by atoms with Crippen LogP contribution in [0.1, 0.15) is 44.2 Å². The highest BCUT2D eigenvalue weighted by Gasteiger charge is 2.28. The molecule has 1 aromatic rings. The van der Waals surface area contributed by atoms with Gasteiger partial charge in [-0.1, -0.05) is 19.0 Å². The maximum Gasteiger partial charge on any atom is 0.236 e. The van der Waals surface area contributed by atoms with Gasteiger partial charge in [0.15, 0.2) is 5.96 Å². The number of aromatic nitrogens is 1. The minimum Gasteiger partial charge on any atom is -0.361 e. The number of carbonyl (C=O) groups is 1. The number of likely N-dealkylation sites (tertiary alicyclic amines) is 1. The molecule has 3 rings (SSSR count). The number of aliphatic imine (C=N–C) groups is 1. The summed E-state index contributed by atoms with van der Waals surface area (Å²) in [5, 5.41) is 7.45. The van der Waals surface area contributed by atoms with Crippen LogP contribution >= 0.6 is 24.0 Å². The summed E-state index contributed by atoms with van der Waals surface area (Å²) < 4.78 is 5.25. The number of aryl methyl sites for hydroxylation is 2. The summed E-state index contributed by atoms with van der Waals surface area (Å²) >= 11 is 0. The number of amides is 1. The van der Waals surface area contributed by atoms with Crippen molar-refractivity contribution >= 4 is 35.8 Å². The van der Waals surface area contributed by atoms with Gasteiger partial charge in [-0.3, -0.25) is 14.7 Å². The first-order valence-corrected chi connectivity index (χ1v) is 11.8. The third-order valence-corrected chi connectivity index (χ3v) is 6.39. The summed E-state index contributed by atoms with van der Waals surface area (Å²) in [7, 11) is 0. The van der Waals surface area contributed by atoms with Gasteiger partial charge in [0, 0.05) is 57.9 Å². The van der Waals surface area contributed by atoms with Crippen LogP contribution in [-0.4, -0.2) is 90.6 Å². The van der Waals surface area contributed by atoms with E-state index < -0.39 is 0 Å². The Morgan fingerprint density at radius 1 is 1.12 bits per heavy atom. The molecule has 9 heteroatoms. The van der Waals surface area contributed by atoms with E-state index in [4.69, 9.17) is 9.52 Å². The van der Waals surface area contributed by atoms with E-state index in [1.807, 2.05) is 13.8 Å². The molecule has 0 spiro atoms. The molecule has 3 heterocycles.